The first-order valence-electron chi connectivity index (χ1n) is 6.39. The van der Waals surface area contributed by atoms with Crippen LogP contribution in [-0.2, 0) is 4.79 Å². The predicted molar refractivity (Wildman–Crippen MR) is 67.6 cm³/mol. The fourth-order valence-electron chi connectivity index (χ4n) is 2.37. The van der Waals surface area contributed by atoms with Crippen LogP contribution >= 0.6 is 0 Å². The van der Waals surface area contributed by atoms with E-state index in [4.69, 9.17) is 9.52 Å². The van der Waals surface area contributed by atoms with E-state index in [1.165, 1.54) is 0 Å². The first kappa shape index (κ1) is 13.5. The van der Waals surface area contributed by atoms with Crippen molar-refractivity contribution in [2.75, 3.05) is 0 Å². The Bertz CT molecular complexity index is 444. The van der Waals surface area contributed by atoms with Crippen molar-refractivity contribution in [3.63, 3.8) is 0 Å². The molecule has 3 unspecified atom stereocenters. The van der Waals surface area contributed by atoms with Crippen LogP contribution < -0.4 is 10.6 Å². The molecule has 6 heteroatoms. The summed E-state index contributed by atoms with van der Waals surface area (Å²) in [6.45, 7) is 1.83. The van der Waals surface area contributed by atoms with Gasteiger partial charge in [0.25, 0.3) is 0 Å². The highest BCUT2D eigenvalue weighted by molar-refractivity contribution is 5.75. The molecule has 1 aromatic heterocycles. The van der Waals surface area contributed by atoms with Gasteiger partial charge in [0.2, 0.25) is 0 Å². The molecule has 0 aromatic carbocycles. The molecule has 3 N–H and O–H groups in total. The minimum absolute atomic E-state index is 0.0649. The Morgan fingerprint density at radius 1 is 1.47 bits per heavy atom. The number of hydrogen-bond acceptors (Lipinski definition) is 3. The summed E-state index contributed by atoms with van der Waals surface area (Å²) in [5, 5.41) is 14.5. The lowest BCUT2D eigenvalue weighted by atomic mass is 10.1. The van der Waals surface area contributed by atoms with Gasteiger partial charge in [-0.1, -0.05) is 0 Å². The molecule has 2 rings (SSSR count). The largest absolute Gasteiger partial charge is 0.481 e. The average molecular weight is 266 g/mol. The van der Waals surface area contributed by atoms with Gasteiger partial charge in [-0.25, -0.2) is 4.79 Å². The number of furan rings is 1. The predicted octanol–water partition coefficient (Wildman–Crippen LogP) is 1.89. The van der Waals surface area contributed by atoms with E-state index in [1.807, 2.05) is 6.92 Å². The second-order valence-corrected chi connectivity index (χ2v) is 4.90. The third kappa shape index (κ3) is 3.49. The summed E-state index contributed by atoms with van der Waals surface area (Å²) in [6.07, 6.45) is 3.38. The van der Waals surface area contributed by atoms with Crippen molar-refractivity contribution >= 4 is 12.0 Å². The maximum absolute atomic E-state index is 11.8. The average Bonchev–Trinajstić information content (AvgIpc) is 2.98. The molecule has 1 fully saturated rings. The van der Waals surface area contributed by atoms with Crippen LogP contribution in [0.3, 0.4) is 0 Å². The van der Waals surface area contributed by atoms with Gasteiger partial charge in [0.15, 0.2) is 0 Å². The van der Waals surface area contributed by atoms with Gasteiger partial charge in [-0.05, 0) is 38.3 Å². The normalized spacial score (nSPS) is 23.8. The Kier molecular flexibility index (Phi) is 4.09. The molecule has 3 atom stereocenters. The Balaban J connectivity index is 1.78. The number of carbonyl (C=O) groups is 2. The van der Waals surface area contributed by atoms with Gasteiger partial charge >= 0.3 is 12.0 Å². The second kappa shape index (κ2) is 5.77. The third-order valence-electron chi connectivity index (χ3n) is 3.43. The summed E-state index contributed by atoms with van der Waals surface area (Å²) in [6, 6.07) is 2.98. The number of rotatable bonds is 4. The van der Waals surface area contributed by atoms with Crippen molar-refractivity contribution in [2.24, 2.45) is 5.92 Å². The molecule has 2 amide bonds. The van der Waals surface area contributed by atoms with Gasteiger partial charge in [0, 0.05) is 6.04 Å². The maximum atomic E-state index is 11.8. The van der Waals surface area contributed by atoms with Crippen LogP contribution in [0, 0.1) is 5.92 Å². The molecule has 0 aliphatic heterocycles. The monoisotopic (exact) mass is 266 g/mol. The standard InChI is InChI=1S/C13H18N2O4/c1-8(11-3-2-6-19-11)14-13(18)15-10-5-4-9(7-10)12(16)17/h2-3,6,8-10H,4-5,7H2,1H3,(H,16,17)(H2,14,15,18). The fourth-order valence-corrected chi connectivity index (χ4v) is 2.37. The smallest absolute Gasteiger partial charge is 0.315 e. The Morgan fingerprint density at radius 2 is 2.26 bits per heavy atom. The van der Waals surface area contributed by atoms with Gasteiger partial charge in [0.1, 0.15) is 5.76 Å². The molecule has 0 bridgehead atoms. The Hall–Kier alpha value is -1.98. The van der Waals surface area contributed by atoms with Crippen molar-refractivity contribution in [2.45, 2.75) is 38.3 Å². The molecule has 6 nitrogen and oxygen atoms in total. The number of carboxylic acids is 1. The first-order chi connectivity index (χ1) is 9.06. The molecule has 19 heavy (non-hydrogen) atoms. The lowest BCUT2D eigenvalue weighted by molar-refractivity contribution is -0.141. The number of urea groups is 1. The Labute approximate surface area is 111 Å². The highest BCUT2D eigenvalue weighted by Crippen LogP contribution is 2.25. The molecule has 1 aromatic rings. The summed E-state index contributed by atoms with van der Waals surface area (Å²) in [7, 11) is 0. The maximum Gasteiger partial charge on any atom is 0.315 e. The van der Waals surface area contributed by atoms with E-state index in [0.29, 0.717) is 25.0 Å². The number of carboxylic acid groups (broad SMARTS) is 1. The summed E-state index contributed by atoms with van der Waals surface area (Å²) < 4.78 is 5.19. The Morgan fingerprint density at radius 3 is 2.84 bits per heavy atom. The number of carbonyl (C=O) groups excluding carboxylic acids is 1. The van der Waals surface area contributed by atoms with E-state index >= 15 is 0 Å². The van der Waals surface area contributed by atoms with Crippen LogP contribution in [-0.4, -0.2) is 23.1 Å². The van der Waals surface area contributed by atoms with Crippen LogP contribution in [0.4, 0.5) is 4.79 Å². The van der Waals surface area contributed by atoms with Crippen LogP contribution in [0.15, 0.2) is 22.8 Å². The van der Waals surface area contributed by atoms with Gasteiger partial charge in [-0.2, -0.15) is 0 Å². The van der Waals surface area contributed by atoms with Crippen LogP contribution in [0.2, 0.25) is 0 Å². The van der Waals surface area contributed by atoms with Gasteiger partial charge in [0.05, 0.1) is 18.2 Å². The van der Waals surface area contributed by atoms with Crippen LogP contribution in [0.25, 0.3) is 0 Å². The lowest BCUT2D eigenvalue weighted by Crippen LogP contribution is -2.42. The molecule has 1 saturated carbocycles. The fraction of sp³-hybridized carbons (Fsp3) is 0.538. The summed E-state index contributed by atoms with van der Waals surface area (Å²) in [5.74, 6) is -0.438. The zero-order valence-corrected chi connectivity index (χ0v) is 10.8. The van der Waals surface area contributed by atoms with Crippen molar-refractivity contribution < 1.29 is 19.1 Å². The zero-order chi connectivity index (χ0) is 13.8. The van der Waals surface area contributed by atoms with Crippen molar-refractivity contribution in [1.82, 2.24) is 10.6 Å². The minimum atomic E-state index is -0.784. The molecular formula is C13H18N2O4. The molecule has 1 heterocycles. The highest BCUT2D eigenvalue weighted by Gasteiger charge is 2.30. The van der Waals surface area contributed by atoms with E-state index in [9.17, 15) is 9.59 Å². The molecule has 0 saturated heterocycles. The van der Waals surface area contributed by atoms with Crippen molar-refractivity contribution in [3.05, 3.63) is 24.2 Å². The molecule has 1 aliphatic rings. The number of aliphatic carboxylic acids is 1. The molecule has 104 valence electrons. The number of nitrogens with one attached hydrogen (secondary N) is 2. The van der Waals surface area contributed by atoms with E-state index in [-0.39, 0.29) is 24.0 Å². The van der Waals surface area contributed by atoms with E-state index < -0.39 is 5.97 Å². The molecular weight excluding hydrogens is 248 g/mol. The topological polar surface area (TPSA) is 91.6 Å². The second-order valence-electron chi connectivity index (χ2n) is 4.90. The number of amides is 2. The summed E-state index contributed by atoms with van der Waals surface area (Å²) in [5.41, 5.74) is 0. The van der Waals surface area contributed by atoms with Gasteiger partial charge in [-0.3, -0.25) is 4.79 Å². The van der Waals surface area contributed by atoms with E-state index in [2.05, 4.69) is 10.6 Å². The third-order valence-corrected chi connectivity index (χ3v) is 3.43. The zero-order valence-electron chi connectivity index (χ0n) is 10.8. The van der Waals surface area contributed by atoms with E-state index in [0.717, 1.165) is 0 Å². The SMILES string of the molecule is CC(NC(=O)NC1CCC(C(=O)O)C1)c1ccco1. The molecule has 0 radical (unpaired) electrons. The molecule has 1 aliphatic carbocycles. The highest BCUT2D eigenvalue weighted by atomic mass is 16.4. The van der Waals surface area contributed by atoms with Gasteiger partial charge < -0.3 is 20.2 Å². The quantitative estimate of drug-likeness (QED) is 0.776. The lowest BCUT2D eigenvalue weighted by Gasteiger charge is -2.16. The van der Waals surface area contributed by atoms with Gasteiger partial charge in [-0.15, -0.1) is 0 Å². The van der Waals surface area contributed by atoms with Crippen molar-refractivity contribution in [1.29, 1.82) is 0 Å². The van der Waals surface area contributed by atoms with Crippen LogP contribution in [0.5, 0.6) is 0 Å². The van der Waals surface area contributed by atoms with Crippen LogP contribution in [0.1, 0.15) is 38.0 Å². The summed E-state index contributed by atoms with van der Waals surface area (Å²) >= 11 is 0. The van der Waals surface area contributed by atoms with E-state index in [1.54, 1.807) is 18.4 Å². The molecule has 0 spiro atoms. The minimum Gasteiger partial charge on any atom is -0.481 e. The van der Waals surface area contributed by atoms with Crippen molar-refractivity contribution in [3.8, 4) is 0 Å². The first-order valence-corrected chi connectivity index (χ1v) is 6.39. The number of hydrogen-bond donors (Lipinski definition) is 3. The summed E-state index contributed by atoms with van der Waals surface area (Å²) in [4.78, 5) is 22.6.